The predicted octanol–water partition coefficient (Wildman–Crippen LogP) is 1.41. The summed E-state index contributed by atoms with van der Waals surface area (Å²) in [5.74, 6) is -0.293. The van der Waals surface area contributed by atoms with Gasteiger partial charge in [0, 0.05) is 7.05 Å². The van der Waals surface area contributed by atoms with Crippen molar-refractivity contribution in [1.29, 1.82) is 0 Å². The van der Waals surface area contributed by atoms with Crippen LogP contribution in [0.4, 0.5) is 0 Å². The molecule has 3 nitrogen and oxygen atoms in total. The summed E-state index contributed by atoms with van der Waals surface area (Å²) in [6, 6.07) is 9.59. The van der Waals surface area contributed by atoms with Gasteiger partial charge in [-0.05, 0) is 24.7 Å². The number of hydrogen-bond donors (Lipinski definition) is 2. The Hall–Kier alpha value is -1.42. The van der Waals surface area contributed by atoms with Crippen molar-refractivity contribution in [1.82, 2.24) is 10.6 Å². The lowest BCUT2D eigenvalue weighted by atomic mass is 10.0. The van der Waals surface area contributed by atoms with E-state index >= 15 is 0 Å². The molecule has 0 spiro atoms. The van der Waals surface area contributed by atoms with Gasteiger partial charge in [0.1, 0.15) is 0 Å². The topological polar surface area (TPSA) is 41.1 Å². The molecule has 2 N–H and O–H groups in total. The van der Waals surface area contributed by atoms with E-state index in [1.54, 1.807) is 7.05 Å². The van der Waals surface area contributed by atoms with Crippen LogP contribution in [0.1, 0.15) is 18.4 Å². The third-order valence-corrected chi connectivity index (χ3v) is 2.46. The molecule has 0 aliphatic carbocycles. The molecule has 0 aliphatic rings. The largest absolute Gasteiger partial charge is 0.365 e. The molecule has 1 amide bonds. The van der Waals surface area contributed by atoms with Crippen LogP contribution < -0.4 is 10.6 Å². The number of amides is 1. The van der Waals surface area contributed by atoms with Gasteiger partial charge < -0.3 is 10.6 Å². The summed E-state index contributed by atoms with van der Waals surface area (Å²) in [6.45, 7) is 1.85. The molecule has 0 aliphatic heterocycles. The van der Waals surface area contributed by atoms with Gasteiger partial charge >= 0.3 is 0 Å². The lowest BCUT2D eigenvalue weighted by Crippen LogP contribution is -2.39. The SMILES string of the molecule is CNC(=S)NC(=O)C(C)c1ccccc1. The van der Waals surface area contributed by atoms with Crippen molar-refractivity contribution in [2.45, 2.75) is 12.8 Å². The van der Waals surface area contributed by atoms with Gasteiger partial charge in [-0.25, -0.2) is 0 Å². The highest BCUT2D eigenvalue weighted by Crippen LogP contribution is 2.13. The van der Waals surface area contributed by atoms with Crippen LogP contribution in [0.15, 0.2) is 30.3 Å². The quantitative estimate of drug-likeness (QED) is 0.743. The van der Waals surface area contributed by atoms with Crippen LogP contribution in [0.3, 0.4) is 0 Å². The molecule has 1 aromatic rings. The summed E-state index contributed by atoms with van der Waals surface area (Å²) >= 11 is 4.86. The van der Waals surface area contributed by atoms with E-state index in [1.165, 1.54) is 0 Å². The third-order valence-electron chi connectivity index (χ3n) is 2.16. The first-order valence-electron chi connectivity index (χ1n) is 4.72. The Labute approximate surface area is 94.9 Å². The molecule has 1 aromatic carbocycles. The van der Waals surface area contributed by atoms with Crippen LogP contribution >= 0.6 is 12.2 Å². The predicted molar refractivity (Wildman–Crippen MR) is 64.7 cm³/mol. The molecule has 15 heavy (non-hydrogen) atoms. The van der Waals surface area contributed by atoms with Crippen molar-refractivity contribution in [2.24, 2.45) is 0 Å². The standard InChI is InChI=1S/C11H14N2OS/c1-8(9-6-4-3-5-7-9)10(14)13-11(15)12-2/h3-8H,1-2H3,(H2,12,13,14,15). The summed E-state index contributed by atoms with van der Waals surface area (Å²) < 4.78 is 0. The minimum absolute atomic E-state index is 0.0967. The first-order valence-corrected chi connectivity index (χ1v) is 5.13. The Morgan fingerprint density at radius 2 is 1.93 bits per heavy atom. The number of carbonyl (C=O) groups is 1. The fourth-order valence-corrected chi connectivity index (χ4v) is 1.28. The lowest BCUT2D eigenvalue weighted by molar-refractivity contribution is -0.120. The summed E-state index contributed by atoms with van der Waals surface area (Å²) in [5, 5.41) is 5.66. The molecule has 1 rings (SSSR count). The van der Waals surface area contributed by atoms with Crippen molar-refractivity contribution in [2.75, 3.05) is 7.05 Å². The highest BCUT2D eigenvalue weighted by Gasteiger charge is 2.15. The maximum absolute atomic E-state index is 11.7. The number of rotatable bonds is 2. The second kappa shape index (κ2) is 5.46. The minimum Gasteiger partial charge on any atom is -0.365 e. The second-order valence-electron chi connectivity index (χ2n) is 3.20. The Morgan fingerprint density at radius 3 is 2.47 bits per heavy atom. The smallest absolute Gasteiger partial charge is 0.233 e. The molecule has 80 valence electrons. The van der Waals surface area contributed by atoms with Crippen LogP contribution in [0.5, 0.6) is 0 Å². The zero-order chi connectivity index (χ0) is 11.3. The van der Waals surface area contributed by atoms with Crippen molar-refractivity contribution < 1.29 is 4.79 Å². The fourth-order valence-electron chi connectivity index (χ4n) is 1.18. The van der Waals surface area contributed by atoms with E-state index in [9.17, 15) is 4.79 Å². The number of nitrogens with one attached hydrogen (secondary N) is 2. The zero-order valence-corrected chi connectivity index (χ0v) is 9.60. The van der Waals surface area contributed by atoms with Crippen LogP contribution in [0, 0.1) is 0 Å². The Kier molecular flexibility index (Phi) is 4.24. The van der Waals surface area contributed by atoms with E-state index in [4.69, 9.17) is 12.2 Å². The summed E-state index contributed by atoms with van der Waals surface area (Å²) in [6.07, 6.45) is 0. The van der Waals surface area contributed by atoms with Crippen molar-refractivity contribution in [3.8, 4) is 0 Å². The molecule has 0 fully saturated rings. The summed E-state index contributed by atoms with van der Waals surface area (Å²) in [5.41, 5.74) is 0.980. The van der Waals surface area contributed by atoms with Gasteiger partial charge in [0.25, 0.3) is 0 Å². The molecule has 0 saturated heterocycles. The highest BCUT2D eigenvalue weighted by atomic mass is 32.1. The van der Waals surface area contributed by atoms with Crippen LogP contribution in [-0.2, 0) is 4.79 Å². The van der Waals surface area contributed by atoms with Gasteiger partial charge in [-0.3, -0.25) is 4.79 Å². The monoisotopic (exact) mass is 222 g/mol. The summed E-state index contributed by atoms with van der Waals surface area (Å²) in [7, 11) is 1.68. The molecule has 4 heteroatoms. The van der Waals surface area contributed by atoms with E-state index < -0.39 is 0 Å². The molecule has 0 heterocycles. The molecule has 0 bridgehead atoms. The maximum atomic E-state index is 11.7. The fraction of sp³-hybridized carbons (Fsp3) is 0.273. The first-order chi connectivity index (χ1) is 7.15. The van der Waals surface area contributed by atoms with E-state index in [2.05, 4.69) is 10.6 Å². The lowest BCUT2D eigenvalue weighted by Gasteiger charge is -2.12. The molecule has 0 saturated carbocycles. The van der Waals surface area contributed by atoms with E-state index in [1.807, 2.05) is 37.3 Å². The zero-order valence-electron chi connectivity index (χ0n) is 8.78. The number of carbonyl (C=O) groups excluding carboxylic acids is 1. The van der Waals surface area contributed by atoms with Gasteiger partial charge in [0.05, 0.1) is 5.92 Å². The first kappa shape index (κ1) is 11.7. The molecular formula is C11H14N2OS. The van der Waals surface area contributed by atoms with Gasteiger partial charge in [0.15, 0.2) is 5.11 Å². The van der Waals surface area contributed by atoms with E-state index in [-0.39, 0.29) is 11.8 Å². The molecule has 0 radical (unpaired) electrons. The number of benzene rings is 1. The Morgan fingerprint density at radius 1 is 1.33 bits per heavy atom. The molecule has 0 aromatic heterocycles. The van der Waals surface area contributed by atoms with Crippen molar-refractivity contribution in [3.63, 3.8) is 0 Å². The Balaban J connectivity index is 2.65. The number of hydrogen-bond acceptors (Lipinski definition) is 2. The number of thiocarbonyl (C=S) groups is 1. The average molecular weight is 222 g/mol. The minimum atomic E-state index is -0.197. The average Bonchev–Trinajstić information content (AvgIpc) is 2.29. The Bertz CT molecular complexity index is 351. The molecular weight excluding hydrogens is 208 g/mol. The van der Waals surface area contributed by atoms with Crippen LogP contribution in [0.2, 0.25) is 0 Å². The maximum Gasteiger partial charge on any atom is 0.233 e. The van der Waals surface area contributed by atoms with Crippen LogP contribution in [-0.4, -0.2) is 18.1 Å². The molecule has 1 unspecified atom stereocenters. The highest BCUT2D eigenvalue weighted by molar-refractivity contribution is 7.80. The van der Waals surface area contributed by atoms with Crippen LogP contribution in [0.25, 0.3) is 0 Å². The van der Waals surface area contributed by atoms with Crippen molar-refractivity contribution >= 4 is 23.2 Å². The van der Waals surface area contributed by atoms with Gasteiger partial charge in [0.2, 0.25) is 5.91 Å². The van der Waals surface area contributed by atoms with Gasteiger partial charge in [-0.2, -0.15) is 0 Å². The summed E-state index contributed by atoms with van der Waals surface area (Å²) in [4.78, 5) is 11.7. The van der Waals surface area contributed by atoms with Gasteiger partial charge in [-0.1, -0.05) is 30.3 Å². The normalized spacial score (nSPS) is 11.6. The molecule has 1 atom stereocenters. The van der Waals surface area contributed by atoms with Gasteiger partial charge in [-0.15, -0.1) is 0 Å². The second-order valence-corrected chi connectivity index (χ2v) is 3.61. The van der Waals surface area contributed by atoms with Crippen molar-refractivity contribution in [3.05, 3.63) is 35.9 Å². The van der Waals surface area contributed by atoms with E-state index in [0.717, 1.165) is 5.56 Å². The van der Waals surface area contributed by atoms with E-state index in [0.29, 0.717) is 5.11 Å². The third kappa shape index (κ3) is 3.32.